The van der Waals surface area contributed by atoms with Gasteiger partial charge in [-0.1, -0.05) is 12.1 Å². The number of nitrogens with zero attached hydrogens (tertiary/aromatic N) is 3. The van der Waals surface area contributed by atoms with E-state index in [4.69, 9.17) is 9.47 Å². The van der Waals surface area contributed by atoms with Gasteiger partial charge in [-0.3, -0.25) is 15.0 Å². The van der Waals surface area contributed by atoms with Gasteiger partial charge in [0.1, 0.15) is 29.9 Å². The van der Waals surface area contributed by atoms with Gasteiger partial charge in [0, 0.05) is 38.8 Å². The van der Waals surface area contributed by atoms with E-state index in [2.05, 4.69) is 4.90 Å². The van der Waals surface area contributed by atoms with Crippen LogP contribution in [-0.4, -0.2) is 67.5 Å². The molecule has 0 radical (unpaired) electrons. The molecule has 1 atom stereocenters. The number of rotatable bonds is 8. The molecule has 1 heterocycles. The molecule has 1 unspecified atom stereocenters. The molecule has 8 heteroatoms. The van der Waals surface area contributed by atoms with Crippen molar-refractivity contribution in [1.29, 1.82) is 0 Å². The van der Waals surface area contributed by atoms with Crippen LogP contribution in [0.4, 0.5) is 11.4 Å². The highest BCUT2D eigenvalue weighted by Crippen LogP contribution is 2.28. The van der Waals surface area contributed by atoms with Gasteiger partial charge in [0.25, 0.3) is 5.69 Å². The molecule has 0 saturated carbocycles. The number of aliphatic hydroxyl groups excluding tert-OH is 1. The summed E-state index contributed by atoms with van der Waals surface area (Å²) in [6.45, 7) is 3.52. The summed E-state index contributed by atoms with van der Waals surface area (Å²) in [6.07, 6.45) is -0.611. The number of β-amino-alcohol motifs (C(OH)–C–C–N with tert-alkyl or cyclic N) is 1. The van der Waals surface area contributed by atoms with Crippen LogP contribution >= 0.6 is 0 Å². The number of ether oxygens (including phenoxy) is 2. The molecular weight excluding hydrogens is 362 g/mol. The zero-order valence-electron chi connectivity index (χ0n) is 15.9. The smallest absolute Gasteiger partial charge is 0.292 e. The minimum atomic E-state index is -0.611. The Hall–Kier alpha value is -2.84. The molecule has 0 bridgehead atoms. The molecule has 3 rings (SSSR count). The molecule has 0 aromatic heterocycles. The average Bonchev–Trinajstić information content (AvgIpc) is 2.73. The molecule has 2 aromatic rings. The van der Waals surface area contributed by atoms with Gasteiger partial charge in [-0.25, -0.2) is 0 Å². The number of hydrogen-bond acceptors (Lipinski definition) is 7. The fourth-order valence-electron chi connectivity index (χ4n) is 3.27. The predicted molar refractivity (Wildman–Crippen MR) is 106 cm³/mol. The lowest BCUT2D eigenvalue weighted by Gasteiger charge is -2.36. The van der Waals surface area contributed by atoms with E-state index < -0.39 is 6.10 Å². The van der Waals surface area contributed by atoms with Gasteiger partial charge in [-0.05, 0) is 30.3 Å². The van der Waals surface area contributed by atoms with Crippen LogP contribution < -0.4 is 14.4 Å². The summed E-state index contributed by atoms with van der Waals surface area (Å²) in [5, 5.41) is 21.5. The Balaban J connectivity index is 1.45. The lowest BCUT2D eigenvalue weighted by molar-refractivity contribution is -0.384. The standard InChI is InChI=1S/C20H25N3O5/c1-27-17-6-8-18(9-7-17)28-15-16(24)14-21-10-12-22(13-11-21)19-4-2-3-5-20(19)23(25)26/h2-9,16,24H,10-15H2,1H3. The van der Waals surface area contributed by atoms with Gasteiger partial charge < -0.3 is 19.5 Å². The Labute approximate surface area is 164 Å². The first kappa shape index (κ1) is 19.9. The van der Waals surface area contributed by atoms with Crippen molar-refractivity contribution in [3.05, 3.63) is 58.6 Å². The summed E-state index contributed by atoms with van der Waals surface area (Å²) in [7, 11) is 1.61. The van der Waals surface area contributed by atoms with Gasteiger partial charge >= 0.3 is 0 Å². The summed E-state index contributed by atoms with van der Waals surface area (Å²) in [6, 6.07) is 14.0. The molecule has 0 spiro atoms. The predicted octanol–water partition coefficient (Wildman–Crippen LogP) is 2.17. The zero-order chi connectivity index (χ0) is 19.9. The average molecular weight is 387 g/mol. The number of para-hydroxylation sites is 2. The highest BCUT2D eigenvalue weighted by molar-refractivity contribution is 5.63. The third kappa shape index (κ3) is 5.11. The summed E-state index contributed by atoms with van der Waals surface area (Å²) >= 11 is 0. The summed E-state index contributed by atoms with van der Waals surface area (Å²) in [5.74, 6) is 1.44. The number of nitro groups is 1. The monoisotopic (exact) mass is 387 g/mol. The zero-order valence-corrected chi connectivity index (χ0v) is 15.9. The maximum Gasteiger partial charge on any atom is 0.292 e. The SMILES string of the molecule is COc1ccc(OCC(O)CN2CCN(c3ccccc3[N+](=O)[O-])CC2)cc1. The number of methoxy groups -OCH3 is 1. The number of hydrogen-bond donors (Lipinski definition) is 1. The number of piperazine rings is 1. The van der Waals surface area contributed by atoms with Crippen molar-refractivity contribution >= 4 is 11.4 Å². The summed E-state index contributed by atoms with van der Waals surface area (Å²) < 4.78 is 10.7. The highest BCUT2D eigenvalue weighted by Gasteiger charge is 2.24. The number of benzene rings is 2. The maximum absolute atomic E-state index is 11.2. The Bertz CT molecular complexity index is 776. The van der Waals surface area contributed by atoms with Crippen LogP contribution in [0.5, 0.6) is 11.5 Å². The van der Waals surface area contributed by atoms with Crippen LogP contribution in [0.1, 0.15) is 0 Å². The number of anilines is 1. The van der Waals surface area contributed by atoms with Crippen molar-refractivity contribution in [3.8, 4) is 11.5 Å². The van der Waals surface area contributed by atoms with Gasteiger partial charge in [-0.15, -0.1) is 0 Å². The van der Waals surface area contributed by atoms with E-state index in [9.17, 15) is 15.2 Å². The molecule has 8 nitrogen and oxygen atoms in total. The number of nitro benzene ring substituents is 1. The molecule has 0 aliphatic carbocycles. The van der Waals surface area contributed by atoms with Crippen LogP contribution in [-0.2, 0) is 0 Å². The van der Waals surface area contributed by atoms with E-state index in [0.29, 0.717) is 31.1 Å². The molecule has 1 aliphatic rings. The third-order valence-electron chi connectivity index (χ3n) is 4.76. The van der Waals surface area contributed by atoms with E-state index in [0.717, 1.165) is 18.8 Å². The van der Waals surface area contributed by atoms with Crippen molar-refractivity contribution < 1.29 is 19.5 Å². The first-order chi connectivity index (χ1) is 13.6. The Kier molecular flexibility index (Phi) is 6.67. The first-order valence-electron chi connectivity index (χ1n) is 9.22. The largest absolute Gasteiger partial charge is 0.497 e. The normalized spacial score (nSPS) is 15.9. The van der Waals surface area contributed by atoms with Crippen molar-refractivity contribution in [2.24, 2.45) is 0 Å². The van der Waals surface area contributed by atoms with Gasteiger partial charge in [0.05, 0.1) is 12.0 Å². The third-order valence-corrected chi connectivity index (χ3v) is 4.76. The van der Waals surface area contributed by atoms with Crippen LogP contribution in [0.2, 0.25) is 0 Å². The van der Waals surface area contributed by atoms with Gasteiger partial charge in [0.15, 0.2) is 0 Å². The van der Waals surface area contributed by atoms with Crippen molar-refractivity contribution in [3.63, 3.8) is 0 Å². The molecule has 2 aromatic carbocycles. The van der Waals surface area contributed by atoms with Crippen LogP contribution in [0.3, 0.4) is 0 Å². The fourth-order valence-corrected chi connectivity index (χ4v) is 3.27. The minimum Gasteiger partial charge on any atom is -0.497 e. The van der Waals surface area contributed by atoms with Crippen molar-refractivity contribution in [2.45, 2.75) is 6.10 Å². The van der Waals surface area contributed by atoms with E-state index >= 15 is 0 Å². The lowest BCUT2D eigenvalue weighted by Crippen LogP contribution is -2.49. The second kappa shape index (κ2) is 9.38. The summed E-state index contributed by atoms with van der Waals surface area (Å²) in [5.41, 5.74) is 0.777. The molecule has 0 amide bonds. The summed E-state index contributed by atoms with van der Waals surface area (Å²) in [4.78, 5) is 15.0. The van der Waals surface area contributed by atoms with Gasteiger partial charge in [-0.2, -0.15) is 0 Å². The van der Waals surface area contributed by atoms with E-state index in [1.165, 1.54) is 6.07 Å². The molecule has 28 heavy (non-hydrogen) atoms. The number of aliphatic hydroxyl groups is 1. The Morgan fingerprint density at radius 3 is 2.36 bits per heavy atom. The lowest BCUT2D eigenvalue weighted by atomic mass is 10.2. The van der Waals surface area contributed by atoms with Crippen molar-refractivity contribution in [1.82, 2.24) is 4.90 Å². The molecular formula is C20H25N3O5. The Morgan fingerprint density at radius 1 is 1.07 bits per heavy atom. The second-order valence-corrected chi connectivity index (χ2v) is 6.67. The minimum absolute atomic E-state index is 0.129. The Morgan fingerprint density at radius 2 is 1.71 bits per heavy atom. The van der Waals surface area contributed by atoms with Crippen molar-refractivity contribution in [2.75, 3.05) is 51.3 Å². The molecule has 150 valence electrons. The van der Waals surface area contributed by atoms with Crippen LogP contribution in [0.25, 0.3) is 0 Å². The van der Waals surface area contributed by atoms with Crippen LogP contribution in [0.15, 0.2) is 48.5 Å². The first-order valence-corrected chi connectivity index (χ1v) is 9.22. The van der Waals surface area contributed by atoms with Gasteiger partial charge in [0.2, 0.25) is 0 Å². The van der Waals surface area contributed by atoms with E-state index in [-0.39, 0.29) is 17.2 Å². The quantitative estimate of drug-likeness (QED) is 0.548. The van der Waals surface area contributed by atoms with Crippen LogP contribution in [0, 0.1) is 10.1 Å². The molecule has 1 fully saturated rings. The fraction of sp³-hybridized carbons (Fsp3) is 0.400. The molecule has 1 N–H and O–H groups in total. The van der Waals surface area contributed by atoms with E-state index in [1.54, 1.807) is 31.4 Å². The molecule has 1 aliphatic heterocycles. The van der Waals surface area contributed by atoms with E-state index in [1.807, 2.05) is 23.1 Å². The highest BCUT2D eigenvalue weighted by atomic mass is 16.6. The second-order valence-electron chi connectivity index (χ2n) is 6.67. The topological polar surface area (TPSA) is 88.3 Å². The maximum atomic E-state index is 11.2. The molecule has 1 saturated heterocycles.